The maximum atomic E-state index is 6.07. The fourth-order valence-corrected chi connectivity index (χ4v) is 3.59. The highest BCUT2D eigenvalue weighted by molar-refractivity contribution is 5.32. The van der Waals surface area contributed by atoms with E-state index in [-0.39, 0.29) is 0 Å². The second-order valence-electron chi connectivity index (χ2n) is 6.21. The molecule has 1 fully saturated rings. The highest BCUT2D eigenvalue weighted by Crippen LogP contribution is 2.32. The molecule has 0 N–H and O–H groups in total. The minimum atomic E-state index is 0.349. The lowest BCUT2D eigenvalue weighted by Gasteiger charge is -2.29. The van der Waals surface area contributed by atoms with Crippen LogP contribution in [0.1, 0.15) is 51.4 Å². The molecule has 0 aromatic rings. The van der Waals surface area contributed by atoms with Crippen LogP contribution in [0, 0.1) is 0 Å². The van der Waals surface area contributed by atoms with Crippen LogP contribution >= 0.6 is 0 Å². The maximum absolute atomic E-state index is 6.07. The molecule has 0 amide bonds. The van der Waals surface area contributed by atoms with E-state index < -0.39 is 0 Å². The van der Waals surface area contributed by atoms with Crippen LogP contribution in [0.5, 0.6) is 0 Å². The summed E-state index contributed by atoms with van der Waals surface area (Å²) in [7, 11) is 0. The monoisotopic (exact) mass is 261 g/mol. The third-order valence-corrected chi connectivity index (χ3v) is 4.78. The number of rotatable bonds is 4. The van der Waals surface area contributed by atoms with E-state index in [9.17, 15) is 0 Å². The van der Waals surface area contributed by atoms with Crippen LogP contribution in [0.4, 0.5) is 0 Å². The molecule has 0 saturated carbocycles. The Hall–Kier alpha value is -0.600. The number of hydrogen-bond donors (Lipinski definition) is 0. The van der Waals surface area contributed by atoms with Crippen molar-refractivity contribution in [2.24, 2.45) is 0 Å². The Labute approximate surface area is 117 Å². The van der Waals surface area contributed by atoms with Crippen LogP contribution in [-0.4, -0.2) is 37.2 Å². The zero-order valence-electron chi connectivity index (χ0n) is 12.1. The number of ether oxygens (including phenoxy) is 1. The quantitative estimate of drug-likeness (QED) is 0.765. The number of likely N-dealkylation sites (tertiary alicyclic amines) is 1. The van der Waals surface area contributed by atoms with E-state index in [1.807, 2.05) is 0 Å². The molecule has 1 heterocycles. The third-order valence-electron chi connectivity index (χ3n) is 4.78. The lowest BCUT2D eigenvalue weighted by molar-refractivity contribution is 0.0588. The lowest BCUT2D eigenvalue weighted by Crippen LogP contribution is -2.33. The first-order valence-corrected chi connectivity index (χ1v) is 8.15. The third kappa shape index (κ3) is 3.70. The van der Waals surface area contributed by atoms with Gasteiger partial charge in [-0.1, -0.05) is 24.1 Å². The second-order valence-corrected chi connectivity index (χ2v) is 6.21. The standard InChI is InChI=1S/C17H27NO/c1-4-10-18(11-5-1)12-13-19-17-9-8-15-6-2-3-7-16(15)14-17/h8-9,17H,1-7,10-14H2. The van der Waals surface area contributed by atoms with Crippen molar-refractivity contribution in [3.05, 3.63) is 23.3 Å². The van der Waals surface area contributed by atoms with Gasteiger partial charge in [-0.05, 0) is 63.6 Å². The van der Waals surface area contributed by atoms with Crippen molar-refractivity contribution in [1.82, 2.24) is 4.90 Å². The van der Waals surface area contributed by atoms with Gasteiger partial charge in [0.15, 0.2) is 0 Å². The van der Waals surface area contributed by atoms with Crippen molar-refractivity contribution in [3.63, 3.8) is 0 Å². The van der Waals surface area contributed by atoms with Crippen LogP contribution < -0.4 is 0 Å². The van der Waals surface area contributed by atoms with Gasteiger partial charge in [-0.25, -0.2) is 0 Å². The van der Waals surface area contributed by atoms with E-state index in [0.717, 1.165) is 19.6 Å². The zero-order valence-corrected chi connectivity index (χ0v) is 12.1. The molecule has 19 heavy (non-hydrogen) atoms. The van der Waals surface area contributed by atoms with Gasteiger partial charge < -0.3 is 9.64 Å². The molecule has 2 aliphatic carbocycles. The summed E-state index contributed by atoms with van der Waals surface area (Å²) in [5, 5.41) is 0. The first-order valence-electron chi connectivity index (χ1n) is 8.15. The van der Waals surface area contributed by atoms with Crippen LogP contribution in [0.15, 0.2) is 23.3 Å². The summed E-state index contributed by atoms with van der Waals surface area (Å²) in [6.45, 7) is 4.58. The number of hydrogen-bond acceptors (Lipinski definition) is 2. The van der Waals surface area contributed by atoms with E-state index in [2.05, 4.69) is 17.1 Å². The zero-order chi connectivity index (χ0) is 12.9. The Bertz CT molecular complexity index is 352. The minimum Gasteiger partial charge on any atom is -0.372 e. The van der Waals surface area contributed by atoms with Crippen molar-refractivity contribution in [3.8, 4) is 0 Å². The Kier molecular flexibility index (Phi) is 4.73. The summed E-state index contributed by atoms with van der Waals surface area (Å²) in [6, 6.07) is 0. The summed E-state index contributed by atoms with van der Waals surface area (Å²) >= 11 is 0. The Morgan fingerprint density at radius 3 is 2.79 bits per heavy atom. The Morgan fingerprint density at radius 1 is 1.05 bits per heavy atom. The molecule has 1 saturated heterocycles. The highest BCUT2D eigenvalue weighted by Gasteiger charge is 2.19. The molecule has 2 heteroatoms. The van der Waals surface area contributed by atoms with Crippen LogP contribution in [0.3, 0.4) is 0 Å². The Balaban J connectivity index is 1.40. The molecule has 0 aromatic carbocycles. The number of piperidine rings is 1. The molecular formula is C17H27NO. The molecule has 106 valence electrons. The fraction of sp³-hybridized carbons (Fsp3) is 0.765. The van der Waals surface area contributed by atoms with Crippen molar-refractivity contribution in [1.29, 1.82) is 0 Å². The summed E-state index contributed by atoms with van der Waals surface area (Å²) in [5.74, 6) is 0. The molecule has 2 nitrogen and oxygen atoms in total. The van der Waals surface area contributed by atoms with Gasteiger partial charge in [0, 0.05) is 6.54 Å². The van der Waals surface area contributed by atoms with Gasteiger partial charge in [-0.3, -0.25) is 0 Å². The van der Waals surface area contributed by atoms with Crippen LogP contribution in [-0.2, 0) is 4.74 Å². The van der Waals surface area contributed by atoms with Gasteiger partial charge in [-0.2, -0.15) is 0 Å². The largest absolute Gasteiger partial charge is 0.372 e. The first-order chi connectivity index (χ1) is 9.42. The molecule has 0 spiro atoms. The highest BCUT2D eigenvalue weighted by atomic mass is 16.5. The van der Waals surface area contributed by atoms with E-state index in [1.54, 1.807) is 11.1 Å². The average Bonchev–Trinajstić information content (AvgIpc) is 2.48. The molecule has 1 aliphatic heterocycles. The van der Waals surface area contributed by atoms with Gasteiger partial charge in [0.05, 0.1) is 12.7 Å². The lowest BCUT2D eigenvalue weighted by atomic mass is 9.85. The summed E-state index contributed by atoms with van der Waals surface area (Å²) in [5.41, 5.74) is 3.29. The molecule has 0 aromatic heterocycles. The summed E-state index contributed by atoms with van der Waals surface area (Å²) in [4.78, 5) is 2.56. The normalized spacial score (nSPS) is 28.5. The molecule has 3 rings (SSSR count). The fourth-order valence-electron chi connectivity index (χ4n) is 3.59. The van der Waals surface area contributed by atoms with E-state index in [4.69, 9.17) is 4.74 Å². The number of nitrogens with zero attached hydrogens (tertiary/aromatic N) is 1. The molecule has 0 radical (unpaired) electrons. The predicted molar refractivity (Wildman–Crippen MR) is 79.3 cm³/mol. The molecular weight excluding hydrogens is 234 g/mol. The van der Waals surface area contributed by atoms with Crippen LogP contribution in [0.25, 0.3) is 0 Å². The first kappa shape index (κ1) is 13.4. The molecule has 1 unspecified atom stereocenters. The van der Waals surface area contributed by atoms with Crippen molar-refractivity contribution in [2.75, 3.05) is 26.2 Å². The smallest absolute Gasteiger partial charge is 0.0796 e. The van der Waals surface area contributed by atoms with E-state index in [1.165, 1.54) is 58.0 Å². The van der Waals surface area contributed by atoms with E-state index in [0.29, 0.717) is 6.10 Å². The van der Waals surface area contributed by atoms with Gasteiger partial charge in [0.25, 0.3) is 0 Å². The summed E-state index contributed by atoms with van der Waals surface area (Å²) < 4.78 is 6.07. The van der Waals surface area contributed by atoms with Gasteiger partial charge >= 0.3 is 0 Å². The van der Waals surface area contributed by atoms with Gasteiger partial charge in [0.2, 0.25) is 0 Å². The van der Waals surface area contributed by atoms with Crippen molar-refractivity contribution < 1.29 is 4.74 Å². The average molecular weight is 261 g/mol. The SMILES string of the molecule is C1=CC(OCCN2CCCCC2)CC2=C1CCCC2. The van der Waals surface area contributed by atoms with Crippen LogP contribution in [0.2, 0.25) is 0 Å². The number of allylic oxidation sites excluding steroid dienone is 2. The molecule has 3 aliphatic rings. The Morgan fingerprint density at radius 2 is 1.89 bits per heavy atom. The minimum absolute atomic E-state index is 0.349. The van der Waals surface area contributed by atoms with Crippen molar-refractivity contribution in [2.45, 2.75) is 57.5 Å². The summed E-state index contributed by atoms with van der Waals surface area (Å²) in [6.07, 6.45) is 15.7. The molecule has 1 atom stereocenters. The topological polar surface area (TPSA) is 12.5 Å². The van der Waals surface area contributed by atoms with E-state index >= 15 is 0 Å². The predicted octanol–water partition coefficient (Wildman–Crippen LogP) is 3.69. The second kappa shape index (κ2) is 6.71. The van der Waals surface area contributed by atoms with Gasteiger partial charge in [0.1, 0.15) is 0 Å². The van der Waals surface area contributed by atoms with Gasteiger partial charge in [-0.15, -0.1) is 0 Å². The molecule has 0 bridgehead atoms. The van der Waals surface area contributed by atoms with Crippen molar-refractivity contribution >= 4 is 0 Å². The maximum Gasteiger partial charge on any atom is 0.0796 e.